The molecule has 0 aliphatic rings. The van der Waals surface area contributed by atoms with Crippen LogP contribution in [0.1, 0.15) is 5.01 Å². The van der Waals surface area contributed by atoms with Crippen molar-refractivity contribution in [3.05, 3.63) is 23.2 Å². The number of fused-ring (bicyclic) bond motifs is 1. The summed E-state index contributed by atoms with van der Waals surface area (Å²) in [7, 11) is -2.54. The summed E-state index contributed by atoms with van der Waals surface area (Å²) in [5.74, 6) is -1.19. The van der Waals surface area contributed by atoms with Gasteiger partial charge in [-0.15, -0.1) is 11.3 Å². The average molecular weight is 300 g/mol. The second-order valence-electron chi connectivity index (χ2n) is 4.02. The summed E-state index contributed by atoms with van der Waals surface area (Å²) >= 11 is 1.40. The number of carboxylic acids is 1. The number of hydrogen-bond acceptors (Lipinski definition) is 5. The zero-order chi connectivity index (χ0) is 14.2. The molecule has 6 nitrogen and oxygen atoms in total. The summed E-state index contributed by atoms with van der Waals surface area (Å²) in [6, 6.07) is 4.59. The van der Waals surface area contributed by atoms with Gasteiger partial charge in [0.25, 0.3) is 0 Å². The smallest absolute Gasteiger partial charge is 0.318 e. The first-order valence-corrected chi connectivity index (χ1v) is 7.61. The van der Waals surface area contributed by atoms with Gasteiger partial charge in [-0.05, 0) is 25.1 Å². The van der Waals surface area contributed by atoms with Gasteiger partial charge in [0.1, 0.15) is 6.54 Å². The number of sulfonamides is 1. The van der Waals surface area contributed by atoms with Crippen LogP contribution in [0.15, 0.2) is 23.1 Å². The minimum absolute atomic E-state index is 0.0763. The highest BCUT2D eigenvalue weighted by Gasteiger charge is 2.23. The van der Waals surface area contributed by atoms with Crippen molar-refractivity contribution in [2.24, 2.45) is 0 Å². The first-order chi connectivity index (χ1) is 8.80. The SMILES string of the molecule is Cc1nc2ccc(S(=O)(=O)N(C)CC(=O)O)cc2s1. The van der Waals surface area contributed by atoms with Gasteiger partial charge in [0.05, 0.1) is 20.1 Å². The molecule has 0 saturated heterocycles. The molecule has 0 saturated carbocycles. The number of likely N-dealkylation sites (N-methyl/N-ethyl adjacent to an activating group) is 1. The van der Waals surface area contributed by atoms with E-state index < -0.39 is 22.5 Å². The molecular weight excluding hydrogens is 288 g/mol. The number of carbonyl (C=O) groups is 1. The molecule has 2 rings (SSSR count). The monoisotopic (exact) mass is 300 g/mol. The van der Waals surface area contributed by atoms with Crippen LogP contribution < -0.4 is 0 Å². The van der Waals surface area contributed by atoms with Crippen molar-refractivity contribution < 1.29 is 18.3 Å². The Labute approximate surface area is 114 Å². The standard InChI is InChI=1S/C11H12N2O4S2/c1-7-12-9-4-3-8(5-10(9)18-7)19(16,17)13(2)6-11(14)15/h3-5H,6H2,1-2H3,(H,14,15). The molecule has 0 amide bonds. The highest BCUT2D eigenvalue weighted by Crippen LogP contribution is 2.25. The first kappa shape index (κ1) is 13.9. The molecule has 1 aromatic heterocycles. The number of rotatable bonds is 4. The van der Waals surface area contributed by atoms with Crippen LogP contribution in [0, 0.1) is 6.92 Å². The number of nitrogens with zero attached hydrogens (tertiary/aromatic N) is 2. The topological polar surface area (TPSA) is 87.6 Å². The van der Waals surface area contributed by atoms with E-state index in [0.29, 0.717) is 0 Å². The van der Waals surface area contributed by atoms with E-state index in [-0.39, 0.29) is 4.90 Å². The van der Waals surface area contributed by atoms with Crippen molar-refractivity contribution in [2.75, 3.05) is 13.6 Å². The van der Waals surface area contributed by atoms with Crippen LogP contribution in [0.25, 0.3) is 10.2 Å². The quantitative estimate of drug-likeness (QED) is 0.919. The second-order valence-corrected chi connectivity index (χ2v) is 7.30. The highest BCUT2D eigenvalue weighted by atomic mass is 32.2. The Hall–Kier alpha value is -1.51. The number of benzene rings is 1. The largest absolute Gasteiger partial charge is 0.480 e. The average Bonchev–Trinajstić information content (AvgIpc) is 2.66. The van der Waals surface area contributed by atoms with Crippen LogP contribution in [-0.2, 0) is 14.8 Å². The van der Waals surface area contributed by atoms with Gasteiger partial charge in [-0.2, -0.15) is 4.31 Å². The maximum absolute atomic E-state index is 12.2. The molecule has 1 N–H and O–H groups in total. The van der Waals surface area contributed by atoms with Crippen LogP contribution in [-0.4, -0.2) is 42.4 Å². The number of aliphatic carboxylic acids is 1. The lowest BCUT2D eigenvalue weighted by atomic mass is 10.3. The van der Waals surface area contributed by atoms with Gasteiger partial charge >= 0.3 is 5.97 Å². The summed E-state index contributed by atoms with van der Waals surface area (Å²) in [5.41, 5.74) is 0.738. The van der Waals surface area contributed by atoms with Gasteiger partial charge in [0.15, 0.2) is 0 Å². The first-order valence-electron chi connectivity index (χ1n) is 5.36. The van der Waals surface area contributed by atoms with E-state index in [1.165, 1.54) is 30.5 Å². The van der Waals surface area contributed by atoms with Gasteiger partial charge < -0.3 is 5.11 Å². The van der Waals surface area contributed by atoms with E-state index in [1.54, 1.807) is 6.07 Å². The van der Waals surface area contributed by atoms with Gasteiger partial charge in [0.2, 0.25) is 10.0 Å². The summed E-state index contributed by atoms with van der Waals surface area (Å²) in [6.07, 6.45) is 0. The predicted molar refractivity (Wildman–Crippen MR) is 71.8 cm³/mol. The van der Waals surface area contributed by atoms with E-state index in [1.807, 2.05) is 6.92 Å². The third-order valence-corrected chi connectivity index (χ3v) is 5.27. The van der Waals surface area contributed by atoms with Crippen LogP contribution >= 0.6 is 11.3 Å². The zero-order valence-corrected chi connectivity index (χ0v) is 12.0. The fraction of sp³-hybridized carbons (Fsp3) is 0.273. The molecule has 2 aromatic rings. The molecule has 0 atom stereocenters. The van der Waals surface area contributed by atoms with Gasteiger partial charge in [-0.1, -0.05) is 0 Å². The predicted octanol–water partition coefficient (Wildman–Crippen LogP) is 1.31. The van der Waals surface area contributed by atoms with E-state index in [9.17, 15) is 13.2 Å². The molecule has 19 heavy (non-hydrogen) atoms. The molecular formula is C11H12N2O4S2. The molecule has 0 fully saturated rings. The molecule has 0 aliphatic carbocycles. The Morgan fingerprint density at radius 1 is 1.47 bits per heavy atom. The number of hydrogen-bond donors (Lipinski definition) is 1. The van der Waals surface area contributed by atoms with E-state index in [2.05, 4.69) is 4.98 Å². The molecule has 8 heteroatoms. The number of thiazole rings is 1. The van der Waals surface area contributed by atoms with Crippen molar-refractivity contribution in [1.29, 1.82) is 0 Å². The number of aromatic nitrogens is 1. The van der Waals surface area contributed by atoms with E-state index >= 15 is 0 Å². The number of carboxylic acid groups (broad SMARTS) is 1. The zero-order valence-electron chi connectivity index (χ0n) is 10.3. The summed E-state index contributed by atoms with van der Waals surface area (Å²) < 4.78 is 25.9. The van der Waals surface area contributed by atoms with Gasteiger partial charge in [-0.25, -0.2) is 13.4 Å². The van der Waals surface area contributed by atoms with Gasteiger partial charge in [0, 0.05) is 7.05 Å². The normalized spacial score (nSPS) is 12.2. The van der Waals surface area contributed by atoms with Crippen molar-refractivity contribution in [1.82, 2.24) is 9.29 Å². The number of aryl methyl sites for hydroxylation is 1. The fourth-order valence-corrected chi connectivity index (χ4v) is 3.72. The maximum Gasteiger partial charge on any atom is 0.318 e. The van der Waals surface area contributed by atoms with Crippen molar-refractivity contribution in [3.8, 4) is 0 Å². The molecule has 0 spiro atoms. The third-order valence-electron chi connectivity index (χ3n) is 2.53. The van der Waals surface area contributed by atoms with Crippen molar-refractivity contribution in [3.63, 3.8) is 0 Å². The summed E-state index contributed by atoms with van der Waals surface area (Å²) in [5, 5.41) is 9.51. The van der Waals surface area contributed by atoms with E-state index in [0.717, 1.165) is 19.5 Å². The summed E-state index contributed by atoms with van der Waals surface area (Å²) in [4.78, 5) is 14.9. The van der Waals surface area contributed by atoms with Crippen molar-refractivity contribution in [2.45, 2.75) is 11.8 Å². The minimum atomic E-state index is -3.78. The summed E-state index contributed by atoms with van der Waals surface area (Å²) in [6.45, 7) is 1.28. The minimum Gasteiger partial charge on any atom is -0.480 e. The fourth-order valence-electron chi connectivity index (χ4n) is 1.64. The molecule has 0 radical (unpaired) electrons. The van der Waals surface area contributed by atoms with Crippen LogP contribution in [0.2, 0.25) is 0 Å². The van der Waals surface area contributed by atoms with Crippen LogP contribution in [0.3, 0.4) is 0 Å². The van der Waals surface area contributed by atoms with Crippen LogP contribution in [0.4, 0.5) is 0 Å². The lowest BCUT2D eigenvalue weighted by molar-refractivity contribution is -0.137. The lowest BCUT2D eigenvalue weighted by Crippen LogP contribution is -2.31. The molecule has 0 bridgehead atoms. The Bertz CT molecular complexity index is 736. The lowest BCUT2D eigenvalue weighted by Gasteiger charge is -2.14. The molecule has 1 heterocycles. The molecule has 0 aliphatic heterocycles. The highest BCUT2D eigenvalue weighted by molar-refractivity contribution is 7.89. The third kappa shape index (κ3) is 2.75. The Morgan fingerprint density at radius 2 is 2.16 bits per heavy atom. The molecule has 102 valence electrons. The van der Waals surface area contributed by atoms with Gasteiger partial charge in [-0.3, -0.25) is 4.79 Å². The second kappa shape index (κ2) is 4.87. The maximum atomic E-state index is 12.2. The van der Waals surface area contributed by atoms with E-state index in [4.69, 9.17) is 5.11 Å². The molecule has 0 unspecified atom stereocenters. The Balaban J connectivity index is 2.45. The van der Waals surface area contributed by atoms with Crippen molar-refractivity contribution >= 4 is 37.5 Å². The molecule has 1 aromatic carbocycles. The Morgan fingerprint density at radius 3 is 2.79 bits per heavy atom. The Kier molecular flexibility index (Phi) is 3.57. The van der Waals surface area contributed by atoms with Crippen LogP contribution in [0.5, 0.6) is 0 Å².